The second kappa shape index (κ2) is 3.99. The summed E-state index contributed by atoms with van der Waals surface area (Å²) in [5, 5.41) is 7.38. The fraction of sp³-hybridized carbons (Fsp3) is 0.857. The third-order valence-corrected chi connectivity index (χ3v) is 1.79. The van der Waals surface area contributed by atoms with Crippen molar-refractivity contribution in [2.45, 2.75) is 39.8 Å². The van der Waals surface area contributed by atoms with Crippen LogP contribution >= 0.6 is 0 Å². The van der Waals surface area contributed by atoms with Gasteiger partial charge >= 0.3 is 70.8 Å². The zero-order valence-electron chi connectivity index (χ0n) is 7.01. The summed E-state index contributed by atoms with van der Waals surface area (Å²) in [4.78, 5) is 2.03. The molecular formula is C7H15N2Se. The summed E-state index contributed by atoms with van der Waals surface area (Å²) in [6, 6.07) is 0.822. The minimum atomic E-state index is 0.411. The number of hydrogen-bond acceptors (Lipinski definition) is 1. The Bertz CT molecular complexity index is 113. The molecule has 0 bridgehead atoms. The summed E-state index contributed by atoms with van der Waals surface area (Å²) >= 11 is 2.71. The van der Waals surface area contributed by atoms with Gasteiger partial charge in [-0.15, -0.1) is 0 Å². The molecule has 0 aromatic carbocycles. The van der Waals surface area contributed by atoms with Crippen LogP contribution in [0.4, 0.5) is 0 Å². The van der Waals surface area contributed by atoms with Gasteiger partial charge in [0.05, 0.1) is 0 Å². The first-order chi connectivity index (χ1) is 4.46. The van der Waals surface area contributed by atoms with Gasteiger partial charge in [0, 0.05) is 0 Å². The maximum atomic E-state index is 7.38. The van der Waals surface area contributed by atoms with Crippen molar-refractivity contribution in [3.8, 4) is 0 Å². The number of rotatable bonds is 2. The van der Waals surface area contributed by atoms with Crippen molar-refractivity contribution in [2.75, 3.05) is 0 Å². The molecule has 0 spiro atoms. The predicted octanol–water partition coefficient (Wildman–Crippen LogP) is 1.21. The van der Waals surface area contributed by atoms with E-state index in [4.69, 9.17) is 5.41 Å². The fourth-order valence-corrected chi connectivity index (χ4v) is 1.95. The maximum absolute atomic E-state index is 7.38. The van der Waals surface area contributed by atoms with Crippen LogP contribution in [0.1, 0.15) is 27.7 Å². The summed E-state index contributed by atoms with van der Waals surface area (Å²) in [5.41, 5.74) is 0. The molecule has 0 heterocycles. The summed E-state index contributed by atoms with van der Waals surface area (Å²) in [5.74, 6) is 0. The Morgan fingerprint density at radius 2 is 1.50 bits per heavy atom. The van der Waals surface area contributed by atoms with E-state index in [1.165, 1.54) is 0 Å². The quantitative estimate of drug-likeness (QED) is 0.410. The van der Waals surface area contributed by atoms with E-state index in [1.807, 2.05) is 4.90 Å². The molecule has 0 aliphatic rings. The van der Waals surface area contributed by atoms with Gasteiger partial charge in [0.1, 0.15) is 0 Å². The molecular weight excluding hydrogens is 191 g/mol. The molecule has 0 aromatic heterocycles. The van der Waals surface area contributed by atoms with Crippen molar-refractivity contribution in [1.29, 1.82) is 5.41 Å². The van der Waals surface area contributed by atoms with E-state index >= 15 is 0 Å². The van der Waals surface area contributed by atoms with E-state index in [-0.39, 0.29) is 0 Å². The Kier molecular flexibility index (Phi) is 3.99. The van der Waals surface area contributed by atoms with Crippen molar-refractivity contribution in [3.63, 3.8) is 0 Å². The molecule has 0 unspecified atom stereocenters. The van der Waals surface area contributed by atoms with Crippen LogP contribution in [0.15, 0.2) is 0 Å². The Morgan fingerprint density at radius 3 is 1.50 bits per heavy atom. The summed E-state index contributed by atoms with van der Waals surface area (Å²) in [7, 11) is 0. The van der Waals surface area contributed by atoms with E-state index in [0.717, 1.165) is 0 Å². The molecule has 0 saturated heterocycles. The van der Waals surface area contributed by atoms with E-state index in [0.29, 0.717) is 16.8 Å². The van der Waals surface area contributed by atoms with Crippen molar-refractivity contribution in [3.05, 3.63) is 0 Å². The van der Waals surface area contributed by atoms with Crippen molar-refractivity contribution < 1.29 is 0 Å². The number of amidine groups is 1. The molecule has 3 heteroatoms. The second-order valence-electron chi connectivity index (χ2n) is 2.90. The van der Waals surface area contributed by atoms with E-state index in [9.17, 15) is 0 Å². The molecule has 0 fully saturated rings. The zero-order valence-corrected chi connectivity index (χ0v) is 8.72. The van der Waals surface area contributed by atoms with Crippen LogP contribution in [0.3, 0.4) is 0 Å². The van der Waals surface area contributed by atoms with E-state index < -0.39 is 0 Å². The van der Waals surface area contributed by atoms with Crippen LogP contribution in [0.25, 0.3) is 0 Å². The van der Waals surface area contributed by atoms with Gasteiger partial charge in [-0.1, -0.05) is 0 Å². The summed E-state index contributed by atoms with van der Waals surface area (Å²) < 4.78 is 0.532. The topological polar surface area (TPSA) is 27.1 Å². The zero-order chi connectivity index (χ0) is 8.31. The fourth-order valence-electron chi connectivity index (χ4n) is 1.07. The Morgan fingerprint density at radius 1 is 1.20 bits per heavy atom. The second-order valence-corrected chi connectivity index (χ2v) is 3.71. The SMILES string of the molecule is CC(C)N(C(=N)[Se])C(C)C. The first kappa shape index (κ1) is 9.99. The van der Waals surface area contributed by atoms with Crippen LogP contribution in [0.2, 0.25) is 0 Å². The van der Waals surface area contributed by atoms with Gasteiger partial charge in [0.25, 0.3) is 0 Å². The number of nitrogens with one attached hydrogen (secondary N) is 1. The summed E-state index contributed by atoms with van der Waals surface area (Å²) in [6.45, 7) is 8.36. The van der Waals surface area contributed by atoms with Gasteiger partial charge in [-0.05, 0) is 0 Å². The van der Waals surface area contributed by atoms with Crippen LogP contribution in [-0.2, 0) is 0 Å². The standard InChI is InChI=1S/C7H15N2Se/c1-5(2)9(6(3)4)7(8)10/h5-6,8H,1-4H3. The van der Waals surface area contributed by atoms with Gasteiger partial charge < -0.3 is 0 Å². The molecule has 0 aliphatic heterocycles. The minimum absolute atomic E-state index is 0.411. The van der Waals surface area contributed by atoms with Gasteiger partial charge in [-0.25, -0.2) is 0 Å². The predicted molar refractivity (Wildman–Crippen MR) is 45.6 cm³/mol. The Hall–Kier alpha value is -0.0105. The average Bonchev–Trinajstić information content (AvgIpc) is 1.59. The first-order valence-electron chi connectivity index (χ1n) is 3.50. The van der Waals surface area contributed by atoms with Crippen molar-refractivity contribution in [2.24, 2.45) is 0 Å². The Labute approximate surface area is 71.3 Å². The first-order valence-corrected chi connectivity index (χ1v) is 4.36. The van der Waals surface area contributed by atoms with Gasteiger partial charge in [0.15, 0.2) is 0 Å². The van der Waals surface area contributed by atoms with Crippen LogP contribution in [0, 0.1) is 5.41 Å². The third kappa shape index (κ3) is 2.72. The van der Waals surface area contributed by atoms with Gasteiger partial charge in [-0.2, -0.15) is 0 Å². The molecule has 0 aromatic rings. The molecule has 59 valence electrons. The number of hydrogen-bond donors (Lipinski definition) is 1. The van der Waals surface area contributed by atoms with Gasteiger partial charge in [-0.3, -0.25) is 0 Å². The molecule has 2 nitrogen and oxygen atoms in total. The molecule has 0 aliphatic carbocycles. The molecule has 0 atom stereocenters. The number of nitrogens with zero attached hydrogens (tertiary/aromatic N) is 1. The molecule has 10 heavy (non-hydrogen) atoms. The van der Waals surface area contributed by atoms with E-state index in [2.05, 4.69) is 43.7 Å². The summed E-state index contributed by atoms with van der Waals surface area (Å²) in [6.07, 6.45) is 0. The Balaban J connectivity index is 4.12. The molecule has 0 saturated carbocycles. The van der Waals surface area contributed by atoms with E-state index in [1.54, 1.807) is 0 Å². The van der Waals surface area contributed by atoms with Crippen molar-refractivity contribution in [1.82, 2.24) is 4.90 Å². The average molecular weight is 206 g/mol. The van der Waals surface area contributed by atoms with Crippen LogP contribution in [0.5, 0.6) is 0 Å². The molecule has 0 amide bonds. The van der Waals surface area contributed by atoms with Crippen LogP contribution in [-0.4, -0.2) is 37.7 Å². The monoisotopic (exact) mass is 207 g/mol. The van der Waals surface area contributed by atoms with Gasteiger partial charge in [0.2, 0.25) is 0 Å². The molecule has 1 N–H and O–H groups in total. The molecule has 0 rings (SSSR count). The van der Waals surface area contributed by atoms with Crippen LogP contribution < -0.4 is 0 Å². The molecule has 1 radical (unpaired) electrons. The normalized spacial score (nSPS) is 10.6. The third-order valence-electron chi connectivity index (χ3n) is 1.35. The van der Waals surface area contributed by atoms with Crippen molar-refractivity contribution >= 4 is 20.7 Å².